The van der Waals surface area contributed by atoms with Gasteiger partial charge in [0.2, 0.25) is 11.8 Å². The molecule has 1 aromatic heterocycles. The molecule has 2 atom stereocenters. The number of thiophene rings is 1. The summed E-state index contributed by atoms with van der Waals surface area (Å²) in [6, 6.07) is 12.8. The zero-order valence-electron chi connectivity index (χ0n) is 20.7. The molecule has 0 aliphatic carbocycles. The van der Waals surface area contributed by atoms with Crippen LogP contribution in [0.3, 0.4) is 0 Å². The molecule has 1 aliphatic rings. The summed E-state index contributed by atoms with van der Waals surface area (Å²) in [4.78, 5) is 40.7. The van der Waals surface area contributed by atoms with Crippen molar-refractivity contribution in [2.45, 2.75) is 31.8 Å². The van der Waals surface area contributed by atoms with Gasteiger partial charge in [-0.15, -0.1) is 11.3 Å². The molecule has 3 aromatic rings. The number of rotatable bonds is 9. The molecule has 38 heavy (non-hydrogen) atoms. The third-order valence-electron chi connectivity index (χ3n) is 6.16. The number of ether oxygens (including phenoxy) is 1. The lowest BCUT2D eigenvalue weighted by Crippen LogP contribution is -2.49. The minimum absolute atomic E-state index is 0.0325. The normalized spacial score (nSPS) is 15.5. The summed E-state index contributed by atoms with van der Waals surface area (Å²) in [6.07, 6.45) is 1.23. The van der Waals surface area contributed by atoms with E-state index in [-0.39, 0.29) is 36.1 Å². The molecule has 0 radical (unpaired) electrons. The van der Waals surface area contributed by atoms with Crippen LogP contribution in [0.5, 0.6) is 11.5 Å². The third kappa shape index (κ3) is 6.54. The van der Waals surface area contributed by atoms with Gasteiger partial charge in [0.05, 0.1) is 12.6 Å². The number of amidine groups is 1. The van der Waals surface area contributed by atoms with Crippen LogP contribution in [-0.2, 0) is 9.59 Å². The smallest absolute Gasteiger partial charge is 0.251 e. The zero-order valence-corrected chi connectivity index (χ0v) is 21.5. The van der Waals surface area contributed by atoms with Crippen molar-refractivity contribution in [2.24, 2.45) is 5.73 Å². The van der Waals surface area contributed by atoms with Crippen molar-refractivity contribution < 1.29 is 23.5 Å². The van der Waals surface area contributed by atoms with Crippen molar-refractivity contribution in [1.29, 1.82) is 5.41 Å². The van der Waals surface area contributed by atoms with Gasteiger partial charge < -0.3 is 26.0 Å². The Balaban J connectivity index is 1.28. The summed E-state index contributed by atoms with van der Waals surface area (Å²) in [5, 5.41) is 14.8. The van der Waals surface area contributed by atoms with Crippen LogP contribution < -0.4 is 21.1 Å². The molecule has 2 aromatic carbocycles. The van der Waals surface area contributed by atoms with Crippen molar-refractivity contribution in [3.05, 3.63) is 81.8 Å². The number of nitrogens with one attached hydrogen (secondary N) is 3. The second kappa shape index (κ2) is 11.9. The van der Waals surface area contributed by atoms with E-state index in [0.29, 0.717) is 42.0 Å². The van der Waals surface area contributed by atoms with Crippen molar-refractivity contribution in [2.75, 3.05) is 13.1 Å². The predicted octanol–water partition coefficient (Wildman–Crippen LogP) is 3.56. The highest BCUT2D eigenvalue weighted by Crippen LogP contribution is 2.24. The first-order valence-electron chi connectivity index (χ1n) is 12.1. The second-order valence-corrected chi connectivity index (χ2v) is 9.83. The summed E-state index contributed by atoms with van der Waals surface area (Å²) in [7, 11) is 0. The van der Waals surface area contributed by atoms with Gasteiger partial charge in [-0.2, -0.15) is 0 Å². The number of nitrogens with zero attached hydrogens (tertiary/aromatic N) is 1. The Hall–Kier alpha value is -4.25. The maximum atomic E-state index is 13.0. The fourth-order valence-electron chi connectivity index (χ4n) is 4.11. The standard InChI is InChI=1S/C27H28FN5O4S/c1-16(23-13-18(15-38-23)25(29)30)32-27(36)22-3-2-12-33(22)24(34)14-31-26(35)17-4-8-20(9-5-17)37-21-10-6-19(28)7-11-21/h4-11,13,15-16,22H,2-3,12,14H2,1H3,(H3,29,30)(H,31,35)(H,32,36)/t16-,22+/m1/s1. The van der Waals surface area contributed by atoms with Gasteiger partial charge in [-0.25, -0.2) is 4.39 Å². The molecule has 0 spiro atoms. The highest BCUT2D eigenvalue weighted by atomic mass is 32.1. The van der Waals surface area contributed by atoms with Crippen LogP contribution in [0.2, 0.25) is 0 Å². The molecule has 198 valence electrons. The molecule has 0 saturated carbocycles. The number of carbonyl (C=O) groups excluding carboxylic acids is 3. The monoisotopic (exact) mass is 537 g/mol. The van der Waals surface area contributed by atoms with Crippen LogP contribution in [0.15, 0.2) is 60.0 Å². The van der Waals surface area contributed by atoms with Gasteiger partial charge in [0.15, 0.2) is 0 Å². The Morgan fingerprint density at radius 1 is 1.13 bits per heavy atom. The van der Waals surface area contributed by atoms with E-state index in [1.54, 1.807) is 35.7 Å². The summed E-state index contributed by atoms with van der Waals surface area (Å²) in [6.45, 7) is 2.04. The number of benzene rings is 2. The number of amides is 3. The Labute approximate surface area is 223 Å². The summed E-state index contributed by atoms with van der Waals surface area (Å²) in [5.41, 5.74) is 6.47. The number of halogens is 1. The van der Waals surface area contributed by atoms with Gasteiger partial charge >= 0.3 is 0 Å². The fourth-order valence-corrected chi connectivity index (χ4v) is 5.03. The van der Waals surface area contributed by atoms with Crippen molar-refractivity contribution in [3.63, 3.8) is 0 Å². The molecular formula is C27H28FN5O4S. The fraction of sp³-hybridized carbons (Fsp3) is 0.259. The number of likely N-dealkylation sites (tertiary alicyclic amines) is 1. The van der Waals surface area contributed by atoms with Gasteiger partial charge in [0.25, 0.3) is 5.91 Å². The SMILES string of the molecule is C[C@@H](NC(=O)[C@@H]1CCCN1C(=O)CNC(=O)c1ccc(Oc2ccc(F)cc2)cc1)c1cc(C(=N)N)cs1. The Bertz CT molecular complexity index is 1330. The topological polar surface area (TPSA) is 138 Å². The van der Waals surface area contributed by atoms with Crippen LogP contribution in [0, 0.1) is 11.2 Å². The lowest BCUT2D eigenvalue weighted by atomic mass is 10.1. The number of hydrogen-bond acceptors (Lipinski definition) is 6. The van der Waals surface area contributed by atoms with Crippen molar-refractivity contribution in [1.82, 2.24) is 15.5 Å². The molecule has 1 saturated heterocycles. The molecule has 0 bridgehead atoms. The van der Waals surface area contributed by atoms with E-state index in [0.717, 1.165) is 4.88 Å². The molecule has 1 aliphatic heterocycles. The lowest BCUT2D eigenvalue weighted by Gasteiger charge is -2.25. The van der Waals surface area contributed by atoms with Gasteiger partial charge in [-0.05, 0) is 74.4 Å². The third-order valence-corrected chi connectivity index (χ3v) is 7.27. The van der Waals surface area contributed by atoms with Gasteiger partial charge in [-0.1, -0.05) is 0 Å². The molecule has 4 rings (SSSR count). The predicted molar refractivity (Wildman–Crippen MR) is 142 cm³/mol. The maximum Gasteiger partial charge on any atom is 0.251 e. The quantitative estimate of drug-likeness (QED) is 0.244. The molecule has 1 fully saturated rings. The zero-order chi connectivity index (χ0) is 27.2. The van der Waals surface area contributed by atoms with Crippen LogP contribution >= 0.6 is 11.3 Å². The van der Waals surface area contributed by atoms with Crippen LogP contribution in [0.1, 0.15) is 46.6 Å². The number of nitrogen functional groups attached to an aromatic ring is 1. The number of hydrogen-bond donors (Lipinski definition) is 4. The van der Waals surface area contributed by atoms with E-state index in [2.05, 4.69) is 10.6 Å². The molecule has 3 amide bonds. The van der Waals surface area contributed by atoms with E-state index in [1.165, 1.54) is 40.5 Å². The average Bonchev–Trinajstić information content (AvgIpc) is 3.60. The first-order chi connectivity index (χ1) is 18.2. The highest BCUT2D eigenvalue weighted by Gasteiger charge is 2.34. The largest absolute Gasteiger partial charge is 0.457 e. The van der Waals surface area contributed by atoms with E-state index in [1.807, 2.05) is 6.92 Å². The average molecular weight is 538 g/mol. The Morgan fingerprint density at radius 2 is 1.79 bits per heavy atom. The number of carbonyl (C=O) groups is 3. The molecular weight excluding hydrogens is 509 g/mol. The molecule has 0 unspecified atom stereocenters. The Morgan fingerprint density at radius 3 is 2.42 bits per heavy atom. The van der Waals surface area contributed by atoms with Crippen molar-refractivity contribution in [3.8, 4) is 11.5 Å². The van der Waals surface area contributed by atoms with E-state index in [9.17, 15) is 18.8 Å². The highest BCUT2D eigenvalue weighted by molar-refractivity contribution is 7.10. The first kappa shape index (κ1) is 26.8. The van der Waals surface area contributed by atoms with E-state index >= 15 is 0 Å². The lowest BCUT2D eigenvalue weighted by molar-refractivity contribution is -0.137. The summed E-state index contributed by atoms with van der Waals surface area (Å²) < 4.78 is 18.7. The molecule has 9 nitrogen and oxygen atoms in total. The molecule has 11 heteroatoms. The Kier molecular flexibility index (Phi) is 8.37. The molecule has 2 heterocycles. The maximum absolute atomic E-state index is 13.0. The van der Waals surface area contributed by atoms with Crippen LogP contribution in [-0.4, -0.2) is 47.6 Å². The van der Waals surface area contributed by atoms with Crippen molar-refractivity contribution >= 4 is 34.9 Å². The second-order valence-electron chi connectivity index (χ2n) is 8.89. The van der Waals surface area contributed by atoms with Gasteiger partial charge in [0.1, 0.15) is 29.2 Å². The van der Waals surface area contributed by atoms with Gasteiger partial charge in [-0.3, -0.25) is 19.8 Å². The number of nitrogens with two attached hydrogens (primary N) is 1. The minimum atomic E-state index is -0.614. The summed E-state index contributed by atoms with van der Waals surface area (Å²) >= 11 is 1.40. The van der Waals surface area contributed by atoms with Crippen LogP contribution in [0.25, 0.3) is 0 Å². The van der Waals surface area contributed by atoms with Gasteiger partial charge in [0, 0.05) is 27.9 Å². The van der Waals surface area contributed by atoms with Crippen LogP contribution in [0.4, 0.5) is 4.39 Å². The summed E-state index contributed by atoms with van der Waals surface area (Å²) in [5.74, 6) is -0.487. The van der Waals surface area contributed by atoms with E-state index < -0.39 is 11.9 Å². The van der Waals surface area contributed by atoms with E-state index in [4.69, 9.17) is 15.9 Å². The molecule has 5 N–H and O–H groups in total. The first-order valence-corrected chi connectivity index (χ1v) is 12.9. The minimum Gasteiger partial charge on any atom is -0.457 e.